The number of methoxy groups -OCH3 is 1. The van der Waals surface area contributed by atoms with E-state index in [-0.39, 0.29) is 17.4 Å². The number of nitrogens with two attached hydrogens (primary N) is 1. The van der Waals surface area contributed by atoms with Crippen LogP contribution in [-0.4, -0.2) is 26.0 Å². The molecule has 0 heterocycles. The number of aliphatic imine (C=N–C) groups is 1. The van der Waals surface area contributed by atoms with E-state index in [1.54, 1.807) is 13.2 Å². The predicted molar refractivity (Wildman–Crippen MR) is 89.9 cm³/mol. The summed E-state index contributed by atoms with van der Waals surface area (Å²) < 4.78 is 46.2. The lowest BCUT2D eigenvalue weighted by Crippen LogP contribution is -2.24. The first kappa shape index (κ1) is 18.4. The molecule has 8 heteroatoms. The van der Waals surface area contributed by atoms with E-state index in [2.05, 4.69) is 15.0 Å². The zero-order valence-corrected chi connectivity index (χ0v) is 13.5. The number of hydrogen-bond donors (Lipinski definition) is 2. The van der Waals surface area contributed by atoms with Crippen LogP contribution in [0.1, 0.15) is 5.56 Å². The molecule has 0 aliphatic heterocycles. The molecular formula is C17H18F3N3O2. The molecule has 134 valence electrons. The van der Waals surface area contributed by atoms with Gasteiger partial charge in [0, 0.05) is 6.54 Å². The van der Waals surface area contributed by atoms with E-state index in [0.717, 1.165) is 11.3 Å². The van der Waals surface area contributed by atoms with Gasteiger partial charge in [-0.1, -0.05) is 24.3 Å². The van der Waals surface area contributed by atoms with Crippen LogP contribution in [-0.2, 0) is 6.42 Å². The van der Waals surface area contributed by atoms with Gasteiger partial charge in [0.05, 0.1) is 12.8 Å². The summed E-state index contributed by atoms with van der Waals surface area (Å²) in [4.78, 5) is 4.11. The van der Waals surface area contributed by atoms with E-state index in [0.29, 0.717) is 13.0 Å². The minimum absolute atomic E-state index is 0.00624. The third kappa shape index (κ3) is 6.25. The maximum Gasteiger partial charge on any atom is 0.573 e. The lowest BCUT2D eigenvalue weighted by Gasteiger charge is -2.14. The fourth-order valence-corrected chi connectivity index (χ4v) is 2.06. The van der Waals surface area contributed by atoms with Gasteiger partial charge in [-0.2, -0.15) is 0 Å². The highest BCUT2D eigenvalue weighted by molar-refractivity contribution is 5.93. The number of para-hydroxylation sites is 2. The third-order valence-electron chi connectivity index (χ3n) is 3.22. The summed E-state index contributed by atoms with van der Waals surface area (Å²) in [5, 5.41) is 2.62. The molecule has 0 radical (unpaired) electrons. The topological polar surface area (TPSA) is 68.9 Å². The lowest BCUT2D eigenvalue weighted by atomic mass is 10.1. The summed E-state index contributed by atoms with van der Waals surface area (Å²) in [6.07, 6.45) is -4.15. The maximum absolute atomic E-state index is 12.4. The van der Waals surface area contributed by atoms with E-state index in [4.69, 9.17) is 10.5 Å². The fourth-order valence-electron chi connectivity index (χ4n) is 2.06. The van der Waals surface area contributed by atoms with E-state index < -0.39 is 6.36 Å². The van der Waals surface area contributed by atoms with Gasteiger partial charge in [-0.3, -0.25) is 4.99 Å². The normalized spacial score (nSPS) is 11.9. The lowest BCUT2D eigenvalue weighted by molar-refractivity contribution is -0.274. The Labute approximate surface area is 143 Å². The van der Waals surface area contributed by atoms with Crippen LogP contribution in [0.25, 0.3) is 0 Å². The van der Waals surface area contributed by atoms with Gasteiger partial charge in [0.1, 0.15) is 5.75 Å². The number of rotatable bonds is 6. The minimum atomic E-state index is -4.78. The summed E-state index contributed by atoms with van der Waals surface area (Å²) in [6, 6.07) is 13.1. The van der Waals surface area contributed by atoms with Crippen LogP contribution in [0.5, 0.6) is 11.5 Å². The SMILES string of the molecule is COc1ccc(CCN=C(N)Nc2ccccc2OC(F)(F)F)cc1. The van der Waals surface area contributed by atoms with E-state index >= 15 is 0 Å². The Balaban J connectivity index is 1.94. The second-order valence-corrected chi connectivity index (χ2v) is 5.03. The van der Waals surface area contributed by atoms with Gasteiger partial charge < -0.3 is 20.5 Å². The van der Waals surface area contributed by atoms with Crippen molar-refractivity contribution in [2.45, 2.75) is 12.8 Å². The van der Waals surface area contributed by atoms with Crippen LogP contribution in [0, 0.1) is 0 Å². The molecule has 0 bridgehead atoms. The first-order valence-corrected chi connectivity index (χ1v) is 7.42. The van der Waals surface area contributed by atoms with Gasteiger partial charge in [0.2, 0.25) is 0 Å². The van der Waals surface area contributed by atoms with Crippen LogP contribution in [0.15, 0.2) is 53.5 Å². The highest BCUT2D eigenvalue weighted by Gasteiger charge is 2.32. The van der Waals surface area contributed by atoms with Gasteiger partial charge in [0.15, 0.2) is 11.7 Å². The van der Waals surface area contributed by atoms with Crippen LogP contribution < -0.4 is 20.5 Å². The van der Waals surface area contributed by atoms with Crippen LogP contribution in [0.2, 0.25) is 0 Å². The standard InChI is InChI=1S/C17H18F3N3O2/c1-24-13-8-6-12(7-9-13)10-11-22-16(21)23-14-4-2-3-5-15(14)25-17(18,19)20/h2-9H,10-11H2,1H3,(H3,21,22,23). The molecule has 0 unspecified atom stereocenters. The van der Waals surface area contributed by atoms with Crippen LogP contribution in [0.4, 0.5) is 18.9 Å². The largest absolute Gasteiger partial charge is 0.573 e. The Kier molecular flexibility index (Phi) is 6.10. The Hall–Kier alpha value is -2.90. The minimum Gasteiger partial charge on any atom is -0.497 e. The maximum atomic E-state index is 12.4. The molecule has 0 fully saturated rings. The van der Waals surface area contributed by atoms with Crippen LogP contribution >= 0.6 is 0 Å². The molecule has 2 rings (SSSR count). The van der Waals surface area contributed by atoms with Crippen LogP contribution in [0.3, 0.4) is 0 Å². The second kappa shape index (κ2) is 8.27. The van der Waals surface area contributed by atoms with Gasteiger partial charge in [-0.25, -0.2) is 0 Å². The van der Waals surface area contributed by atoms with Crippen molar-refractivity contribution in [3.8, 4) is 11.5 Å². The summed E-state index contributed by atoms with van der Waals surface area (Å²) in [5.74, 6) is 0.393. The zero-order valence-electron chi connectivity index (χ0n) is 13.5. The Morgan fingerprint density at radius 2 is 1.80 bits per heavy atom. The summed E-state index contributed by atoms with van der Waals surface area (Å²) in [5.41, 5.74) is 6.86. The van der Waals surface area contributed by atoms with Crippen molar-refractivity contribution in [2.75, 3.05) is 19.0 Å². The van der Waals surface area contributed by atoms with Gasteiger partial charge >= 0.3 is 6.36 Å². The molecular weight excluding hydrogens is 335 g/mol. The van der Waals surface area contributed by atoms with Gasteiger partial charge in [-0.15, -0.1) is 13.2 Å². The number of ether oxygens (including phenoxy) is 2. The molecule has 0 amide bonds. The number of nitrogens with one attached hydrogen (secondary N) is 1. The molecule has 0 atom stereocenters. The van der Waals surface area contributed by atoms with Crippen molar-refractivity contribution in [1.29, 1.82) is 0 Å². The summed E-state index contributed by atoms with van der Waals surface area (Å²) >= 11 is 0. The van der Waals surface area contributed by atoms with Crippen molar-refractivity contribution in [1.82, 2.24) is 0 Å². The molecule has 2 aromatic rings. The molecule has 0 spiro atoms. The molecule has 0 aliphatic rings. The Bertz CT molecular complexity index is 716. The number of nitrogens with zero attached hydrogens (tertiary/aromatic N) is 1. The highest BCUT2D eigenvalue weighted by Crippen LogP contribution is 2.29. The van der Waals surface area contributed by atoms with E-state index in [1.165, 1.54) is 18.2 Å². The quantitative estimate of drug-likeness (QED) is 0.615. The summed E-state index contributed by atoms with van der Waals surface area (Å²) in [7, 11) is 1.59. The monoisotopic (exact) mass is 353 g/mol. The van der Waals surface area contributed by atoms with Gasteiger partial charge in [-0.05, 0) is 36.2 Å². The molecule has 0 saturated carbocycles. The molecule has 25 heavy (non-hydrogen) atoms. The van der Waals surface area contributed by atoms with Crippen molar-refractivity contribution in [3.63, 3.8) is 0 Å². The molecule has 0 saturated heterocycles. The smallest absolute Gasteiger partial charge is 0.497 e. The molecule has 0 aromatic heterocycles. The number of guanidine groups is 1. The average molecular weight is 353 g/mol. The first-order chi connectivity index (χ1) is 11.9. The third-order valence-corrected chi connectivity index (χ3v) is 3.22. The molecule has 0 aliphatic carbocycles. The highest BCUT2D eigenvalue weighted by atomic mass is 19.4. The Morgan fingerprint density at radius 1 is 1.12 bits per heavy atom. The summed E-state index contributed by atoms with van der Waals surface area (Å²) in [6.45, 7) is 0.382. The zero-order chi connectivity index (χ0) is 18.3. The van der Waals surface area contributed by atoms with Crippen molar-refractivity contribution >= 4 is 11.6 Å². The van der Waals surface area contributed by atoms with Crippen molar-refractivity contribution in [2.24, 2.45) is 10.7 Å². The fraction of sp³-hybridized carbons (Fsp3) is 0.235. The molecule has 5 nitrogen and oxygen atoms in total. The first-order valence-electron chi connectivity index (χ1n) is 7.42. The predicted octanol–water partition coefficient (Wildman–Crippen LogP) is 3.56. The number of halogens is 3. The average Bonchev–Trinajstić information content (AvgIpc) is 2.56. The number of hydrogen-bond acceptors (Lipinski definition) is 3. The van der Waals surface area contributed by atoms with E-state index in [1.807, 2.05) is 24.3 Å². The number of alkyl halides is 3. The van der Waals surface area contributed by atoms with Gasteiger partial charge in [0.25, 0.3) is 0 Å². The number of benzene rings is 2. The second-order valence-electron chi connectivity index (χ2n) is 5.03. The molecule has 2 aromatic carbocycles. The Morgan fingerprint density at radius 3 is 2.44 bits per heavy atom. The number of anilines is 1. The van der Waals surface area contributed by atoms with Crippen molar-refractivity contribution in [3.05, 3.63) is 54.1 Å². The van der Waals surface area contributed by atoms with E-state index in [9.17, 15) is 13.2 Å². The van der Waals surface area contributed by atoms with Crippen molar-refractivity contribution < 1.29 is 22.6 Å². The molecule has 3 N–H and O–H groups in total.